The molecule has 1 heterocycles. The second-order valence-corrected chi connectivity index (χ2v) is 5.00. The Kier molecular flexibility index (Phi) is 4.92. The average molecular weight is 289 g/mol. The summed E-state index contributed by atoms with van der Waals surface area (Å²) in [5.74, 6) is -1.64. The van der Waals surface area contributed by atoms with Gasteiger partial charge in [0.15, 0.2) is 0 Å². The lowest BCUT2D eigenvalue weighted by molar-refractivity contribution is -0.305. The molecule has 6 nitrogen and oxygen atoms in total. The molecule has 0 aromatic heterocycles. The van der Waals surface area contributed by atoms with Crippen molar-refractivity contribution >= 4 is 23.5 Å². The molecule has 1 aliphatic rings. The Balaban J connectivity index is 1.90. The van der Waals surface area contributed by atoms with E-state index in [0.717, 1.165) is 25.9 Å². The highest BCUT2D eigenvalue weighted by Crippen LogP contribution is 2.15. The Morgan fingerprint density at radius 1 is 1.05 bits per heavy atom. The zero-order valence-corrected chi connectivity index (χ0v) is 11.6. The van der Waals surface area contributed by atoms with Crippen LogP contribution < -0.4 is 10.4 Å². The first-order valence-electron chi connectivity index (χ1n) is 6.95. The van der Waals surface area contributed by atoms with Crippen molar-refractivity contribution in [1.29, 1.82) is 0 Å². The SMILES string of the molecule is O=C([O-])CCC(=O)Nc1ccc(C(=O)N2CCCC2)cc1. The van der Waals surface area contributed by atoms with Crippen molar-refractivity contribution in [2.45, 2.75) is 25.7 Å². The minimum absolute atomic E-state index is 0.00216. The van der Waals surface area contributed by atoms with E-state index in [0.29, 0.717) is 11.3 Å². The van der Waals surface area contributed by atoms with Crippen LogP contribution in [0, 0.1) is 0 Å². The van der Waals surface area contributed by atoms with Crippen LogP contribution in [0.2, 0.25) is 0 Å². The molecule has 1 aromatic carbocycles. The Hall–Kier alpha value is -2.37. The Bertz CT molecular complexity index is 533. The third-order valence-corrected chi connectivity index (χ3v) is 3.37. The van der Waals surface area contributed by atoms with E-state index in [1.165, 1.54) is 0 Å². The largest absolute Gasteiger partial charge is 0.550 e. The molecule has 1 saturated heterocycles. The number of nitrogens with zero attached hydrogens (tertiary/aromatic N) is 1. The molecule has 1 aromatic rings. The number of rotatable bonds is 5. The van der Waals surface area contributed by atoms with Crippen molar-refractivity contribution in [3.05, 3.63) is 29.8 Å². The molecule has 21 heavy (non-hydrogen) atoms. The maximum absolute atomic E-state index is 12.1. The van der Waals surface area contributed by atoms with Gasteiger partial charge < -0.3 is 20.1 Å². The van der Waals surface area contributed by atoms with Crippen molar-refractivity contribution in [3.63, 3.8) is 0 Å². The first-order chi connectivity index (χ1) is 10.1. The number of hydrogen-bond donors (Lipinski definition) is 1. The summed E-state index contributed by atoms with van der Waals surface area (Å²) in [7, 11) is 0. The van der Waals surface area contributed by atoms with E-state index >= 15 is 0 Å². The van der Waals surface area contributed by atoms with E-state index in [9.17, 15) is 19.5 Å². The normalized spacial score (nSPS) is 14.0. The summed E-state index contributed by atoms with van der Waals surface area (Å²) < 4.78 is 0. The van der Waals surface area contributed by atoms with Gasteiger partial charge >= 0.3 is 0 Å². The number of carboxylic acids is 1. The van der Waals surface area contributed by atoms with Crippen LogP contribution in [-0.4, -0.2) is 35.8 Å². The molecular weight excluding hydrogens is 272 g/mol. The second kappa shape index (κ2) is 6.88. The van der Waals surface area contributed by atoms with E-state index in [1.54, 1.807) is 24.3 Å². The molecule has 0 unspecified atom stereocenters. The topological polar surface area (TPSA) is 89.5 Å². The molecule has 0 saturated carbocycles. The highest BCUT2D eigenvalue weighted by molar-refractivity contribution is 5.96. The molecule has 0 aliphatic carbocycles. The van der Waals surface area contributed by atoms with Crippen LogP contribution in [0.1, 0.15) is 36.0 Å². The molecule has 1 fully saturated rings. The minimum atomic E-state index is -1.25. The standard InChI is InChI=1S/C15H18N2O4/c18-13(7-8-14(19)20)16-12-5-3-11(4-6-12)15(21)17-9-1-2-10-17/h3-6H,1-2,7-10H2,(H,16,18)(H,19,20)/p-1. The van der Waals surface area contributed by atoms with Crippen LogP contribution >= 0.6 is 0 Å². The van der Waals surface area contributed by atoms with Gasteiger partial charge in [0.25, 0.3) is 5.91 Å². The molecule has 0 spiro atoms. The van der Waals surface area contributed by atoms with Crippen LogP contribution in [0.4, 0.5) is 5.69 Å². The zero-order valence-electron chi connectivity index (χ0n) is 11.6. The first kappa shape index (κ1) is 15.0. The number of nitrogens with one attached hydrogen (secondary N) is 1. The number of carboxylic acid groups (broad SMARTS) is 1. The average Bonchev–Trinajstić information content (AvgIpc) is 2.99. The number of hydrogen-bond acceptors (Lipinski definition) is 4. The number of carbonyl (C=O) groups excluding carboxylic acids is 3. The van der Waals surface area contributed by atoms with Crippen molar-refractivity contribution in [2.24, 2.45) is 0 Å². The Morgan fingerprint density at radius 3 is 2.24 bits per heavy atom. The lowest BCUT2D eigenvalue weighted by Crippen LogP contribution is -2.27. The smallest absolute Gasteiger partial charge is 0.253 e. The van der Waals surface area contributed by atoms with Gasteiger partial charge in [0, 0.05) is 36.7 Å². The first-order valence-corrected chi connectivity index (χ1v) is 6.95. The van der Waals surface area contributed by atoms with E-state index < -0.39 is 11.9 Å². The third kappa shape index (κ3) is 4.30. The minimum Gasteiger partial charge on any atom is -0.550 e. The van der Waals surface area contributed by atoms with Gasteiger partial charge in [-0.1, -0.05) is 0 Å². The van der Waals surface area contributed by atoms with E-state index in [4.69, 9.17) is 0 Å². The second-order valence-electron chi connectivity index (χ2n) is 5.00. The molecule has 112 valence electrons. The van der Waals surface area contributed by atoms with Crippen LogP contribution in [0.15, 0.2) is 24.3 Å². The summed E-state index contributed by atoms with van der Waals surface area (Å²) in [5.41, 5.74) is 1.13. The summed E-state index contributed by atoms with van der Waals surface area (Å²) >= 11 is 0. The van der Waals surface area contributed by atoms with Crippen LogP contribution in [0.25, 0.3) is 0 Å². The predicted octanol–water partition coefficient (Wildman–Crippen LogP) is 0.391. The van der Waals surface area contributed by atoms with Crippen molar-refractivity contribution in [3.8, 4) is 0 Å². The van der Waals surface area contributed by atoms with Gasteiger partial charge in [-0.15, -0.1) is 0 Å². The van der Waals surface area contributed by atoms with E-state index in [1.807, 2.05) is 4.90 Å². The molecule has 2 amide bonds. The van der Waals surface area contributed by atoms with Gasteiger partial charge in [0.1, 0.15) is 0 Å². The van der Waals surface area contributed by atoms with Gasteiger partial charge in [0.05, 0.1) is 0 Å². The van der Waals surface area contributed by atoms with Gasteiger partial charge in [-0.3, -0.25) is 9.59 Å². The molecule has 0 radical (unpaired) electrons. The number of benzene rings is 1. The highest BCUT2D eigenvalue weighted by Gasteiger charge is 2.19. The summed E-state index contributed by atoms with van der Waals surface area (Å²) in [6, 6.07) is 6.60. The maximum Gasteiger partial charge on any atom is 0.253 e. The summed E-state index contributed by atoms with van der Waals surface area (Å²) in [4.78, 5) is 35.7. The van der Waals surface area contributed by atoms with Crippen LogP contribution in [0.5, 0.6) is 0 Å². The van der Waals surface area contributed by atoms with E-state index in [-0.39, 0.29) is 18.7 Å². The lowest BCUT2D eigenvalue weighted by atomic mass is 10.2. The van der Waals surface area contributed by atoms with E-state index in [2.05, 4.69) is 5.32 Å². The summed E-state index contributed by atoms with van der Waals surface area (Å²) in [6.07, 6.45) is 1.64. The predicted molar refractivity (Wildman–Crippen MR) is 74.5 cm³/mol. The number of carbonyl (C=O) groups is 3. The van der Waals surface area contributed by atoms with Crippen molar-refractivity contribution in [1.82, 2.24) is 4.90 Å². The number of likely N-dealkylation sites (tertiary alicyclic amines) is 1. The van der Waals surface area contributed by atoms with Crippen molar-refractivity contribution < 1.29 is 19.5 Å². The third-order valence-electron chi connectivity index (χ3n) is 3.37. The molecular formula is C15H17N2O4-. The summed E-state index contributed by atoms with van der Waals surface area (Å²) in [5, 5.41) is 12.8. The van der Waals surface area contributed by atoms with Gasteiger partial charge in [0.2, 0.25) is 5.91 Å². The zero-order chi connectivity index (χ0) is 15.2. The Labute approximate surface area is 122 Å². The van der Waals surface area contributed by atoms with Crippen LogP contribution in [0.3, 0.4) is 0 Å². The lowest BCUT2D eigenvalue weighted by Gasteiger charge is -2.15. The molecule has 0 bridgehead atoms. The molecule has 6 heteroatoms. The molecule has 2 rings (SSSR count). The fourth-order valence-corrected chi connectivity index (χ4v) is 2.24. The molecule has 1 N–H and O–H groups in total. The fourth-order valence-electron chi connectivity index (χ4n) is 2.24. The number of amides is 2. The number of aliphatic carboxylic acids is 1. The molecule has 1 aliphatic heterocycles. The van der Waals surface area contributed by atoms with Gasteiger partial charge in [-0.05, 0) is 43.5 Å². The van der Waals surface area contributed by atoms with Crippen molar-refractivity contribution in [2.75, 3.05) is 18.4 Å². The van der Waals surface area contributed by atoms with Crippen LogP contribution in [-0.2, 0) is 9.59 Å². The quantitative estimate of drug-likeness (QED) is 0.849. The maximum atomic E-state index is 12.1. The van der Waals surface area contributed by atoms with Gasteiger partial charge in [-0.25, -0.2) is 0 Å². The van der Waals surface area contributed by atoms with Gasteiger partial charge in [-0.2, -0.15) is 0 Å². The number of anilines is 1. The Morgan fingerprint density at radius 2 is 1.67 bits per heavy atom. The monoisotopic (exact) mass is 289 g/mol. The fraction of sp³-hybridized carbons (Fsp3) is 0.400. The summed E-state index contributed by atoms with van der Waals surface area (Å²) in [6.45, 7) is 1.58. The highest BCUT2D eigenvalue weighted by atomic mass is 16.4. The molecule has 0 atom stereocenters.